The van der Waals surface area contributed by atoms with Gasteiger partial charge in [0.25, 0.3) is 0 Å². The Morgan fingerprint density at radius 1 is 0.558 bits per heavy atom. The number of hydrogen-bond donors (Lipinski definition) is 1. The van der Waals surface area contributed by atoms with Gasteiger partial charge in [-0.1, -0.05) is 116 Å². The number of hydrogen-bond acceptors (Lipinski definition) is 7. The van der Waals surface area contributed by atoms with Crippen molar-refractivity contribution in [3.63, 3.8) is 0 Å². The maximum Gasteiger partial charge on any atom is 0.348 e. The number of rotatable bonds is 4. The van der Waals surface area contributed by atoms with Gasteiger partial charge in [-0.25, -0.2) is 9.59 Å². The third-order valence-electron chi connectivity index (χ3n) is 4.14. The number of para-hydroxylation sites is 2. The van der Waals surface area contributed by atoms with E-state index in [4.69, 9.17) is 4.74 Å². The molecule has 7 heteroatoms. The zero-order chi connectivity index (χ0) is 33.7. The van der Waals surface area contributed by atoms with E-state index in [0.29, 0.717) is 10.4 Å². The minimum absolute atomic E-state index is 0.259. The SMILES string of the molecule is CC.CC.CC.CC.CNc1ccccc1.COC(=O)c1ccccc1.COC(=O)c1cccs1.COc1ccccc1. The smallest absolute Gasteiger partial charge is 0.348 e. The molecule has 4 aromatic rings. The molecule has 1 N–H and O–H groups in total. The van der Waals surface area contributed by atoms with Crippen molar-refractivity contribution in [3.05, 3.63) is 119 Å². The third-order valence-corrected chi connectivity index (χ3v) is 4.99. The number of carbonyl (C=O) groups is 2. The lowest BCUT2D eigenvalue weighted by atomic mass is 10.2. The molecular weight excluding hydrogens is 558 g/mol. The first-order chi connectivity index (χ1) is 21.0. The van der Waals surface area contributed by atoms with Crippen LogP contribution in [0, 0.1) is 0 Å². The molecule has 0 saturated heterocycles. The van der Waals surface area contributed by atoms with Crippen molar-refractivity contribution in [2.24, 2.45) is 0 Å². The average Bonchev–Trinajstić information content (AvgIpc) is 3.68. The van der Waals surface area contributed by atoms with Gasteiger partial charge in [-0.3, -0.25) is 0 Å². The van der Waals surface area contributed by atoms with Gasteiger partial charge >= 0.3 is 11.9 Å². The fourth-order valence-electron chi connectivity index (χ4n) is 2.35. The van der Waals surface area contributed by atoms with Gasteiger partial charge in [-0.05, 0) is 47.8 Å². The Labute approximate surface area is 266 Å². The molecule has 0 bridgehead atoms. The average molecular weight is 614 g/mol. The molecule has 0 radical (unpaired) electrons. The molecule has 0 unspecified atom stereocenters. The van der Waals surface area contributed by atoms with Crippen LogP contribution in [-0.2, 0) is 9.47 Å². The molecule has 4 rings (SSSR count). The van der Waals surface area contributed by atoms with Crippen LogP contribution in [-0.4, -0.2) is 40.3 Å². The highest BCUT2D eigenvalue weighted by atomic mass is 32.1. The highest BCUT2D eigenvalue weighted by Crippen LogP contribution is 2.08. The second-order valence-electron chi connectivity index (χ2n) is 6.46. The van der Waals surface area contributed by atoms with Crippen LogP contribution in [0.5, 0.6) is 5.75 Å². The Morgan fingerprint density at radius 2 is 0.977 bits per heavy atom. The molecule has 3 aromatic carbocycles. The molecule has 43 heavy (non-hydrogen) atoms. The fraction of sp³-hybridized carbons (Fsp3) is 0.333. The van der Waals surface area contributed by atoms with E-state index in [9.17, 15) is 9.59 Å². The third kappa shape index (κ3) is 26.5. The van der Waals surface area contributed by atoms with Crippen LogP contribution in [0.1, 0.15) is 75.4 Å². The van der Waals surface area contributed by atoms with Crippen LogP contribution < -0.4 is 10.1 Å². The van der Waals surface area contributed by atoms with E-state index in [1.54, 1.807) is 37.4 Å². The van der Waals surface area contributed by atoms with Gasteiger partial charge in [0, 0.05) is 12.7 Å². The Morgan fingerprint density at radius 3 is 1.28 bits per heavy atom. The first-order valence-electron chi connectivity index (χ1n) is 14.6. The predicted molar refractivity (Wildman–Crippen MR) is 188 cm³/mol. The van der Waals surface area contributed by atoms with Crippen LogP contribution in [0.3, 0.4) is 0 Å². The molecule has 6 nitrogen and oxygen atoms in total. The van der Waals surface area contributed by atoms with Crippen molar-refractivity contribution in [3.8, 4) is 5.75 Å². The second-order valence-corrected chi connectivity index (χ2v) is 7.41. The minimum atomic E-state index is -0.291. The highest BCUT2D eigenvalue weighted by molar-refractivity contribution is 7.11. The molecule has 1 heterocycles. The van der Waals surface area contributed by atoms with Crippen molar-refractivity contribution >= 4 is 29.0 Å². The molecule has 0 saturated carbocycles. The van der Waals surface area contributed by atoms with Crippen LogP contribution in [0.2, 0.25) is 0 Å². The summed E-state index contributed by atoms with van der Waals surface area (Å²) in [5, 5.41) is 4.87. The minimum Gasteiger partial charge on any atom is -0.497 e. The first-order valence-corrected chi connectivity index (χ1v) is 15.5. The number of ether oxygens (including phenoxy) is 3. The molecular formula is C36H55NO5S. The van der Waals surface area contributed by atoms with Crippen molar-refractivity contribution < 1.29 is 23.8 Å². The van der Waals surface area contributed by atoms with Gasteiger partial charge in [0.2, 0.25) is 0 Å². The van der Waals surface area contributed by atoms with Crippen LogP contribution in [0.15, 0.2) is 109 Å². The Bertz CT molecular complexity index is 1020. The van der Waals surface area contributed by atoms with Gasteiger partial charge in [0.05, 0.1) is 26.9 Å². The summed E-state index contributed by atoms with van der Waals surface area (Å²) in [5.74, 6) is 0.359. The highest BCUT2D eigenvalue weighted by Gasteiger charge is 2.03. The molecule has 0 atom stereocenters. The molecule has 0 aliphatic heterocycles. The standard InChI is InChI=1S/C8H8O2.C7H9N.C7H8O.C6H6O2S.4C2H6/c1-10-8(9)7-5-3-2-4-6-7;2*1-8-7-5-3-2-4-6-7;1-8-6(7)5-3-2-4-9-5;4*1-2/h2-6H,1H3;2-6,8H,1H3;2-6H,1H3;2-4H,1H3;4*1-2H3. The predicted octanol–water partition coefficient (Wildman–Crippen LogP) is 10.5. The quantitative estimate of drug-likeness (QED) is 0.231. The Hall–Kier alpha value is -4.10. The summed E-state index contributed by atoms with van der Waals surface area (Å²) >= 11 is 1.38. The van der Waals surface area contributed by atoms with E-state index in [-0.39, 0.29) is 11.9 Å². The zero-order valence-corrected chi connectivity index (χ0v) is 29.2. The van der Waals surface area contributed by atoms with E-state index >= 15 is 0 Å². The first kappa shape index (κ1) is 45.9. The number of esters is 2. The monoisotopic (exact) mass is 613 g/mol. The van der Waals surface area contributed by atoms with Crippen molar-refractivity contribution in [2.45, 2.75) is 55.4 Å². The van der Waals surface area contributed by atoms with Crippen molar-refractivity contribution in [1.29, 1.82) is 0 Å². The van der Waals surface area contributed by atoms with E-state index in [1.165, 1.54) is 25.6 Å². The van der Waals surface area contributed by atoms with Crippen molar-refractivity contribution in [1.82, 2.24) is 0 Å². The number of benzene rings is 3. The summed E-state index contributed by atoms with van der Waals surface area (Å²) in [6, 6.07) is 32.2. The molecule has 0 spiro atoms. The Kier molecular flexibility index (Phi) is 40.4. The lowest BCUT2D eigenvalue weighted by Gasteiger charge is -1.95. The van der Waals surface area contributed by atoms with Gasteiger partial charge < -0.3 is 19.5 Å². The summed E-state index contributed by atoms with van der Waals surface area (Å²) in [6.45, 7) is 16.0. The van der Waals surface area contributed by atoms with E-state index in [1.807, 2.05) is 141 Å². The Balaban J connectivity index is -0.000000219. The number of thiophene rings is 1. The summed E-state index contributed by atoms with van der Waals surface area (Å²) < 4.78 is 13.9. The van der Waals surface area contributed by atoms with E-state index in [2.05, 4.69) is 14.8 Å². The number of anilines is 1. The van der Waals surface area contributed by atoms with Crippen LogP contribution >= 0.6 is 11.3 Å². The molecule has 0 aliphatic carbocycles. The molecule has 0 amide bonds. The summed E-state index contributed by atoms with van der Waals surface area (Å²) in [7, 11) is 6.32. The van der Waals surface area contributed by atoms with Crippen LogP contribution in [0.25, 0.3) is 0 Å². The summed E-state index contributed by atoms with van der Waals surface area (Å²) in [5.41, 5.74) is 1.75. The lowest BCUT2D eigenvalue weighted by molar-refractivity contribution is 0.0594. The number of nitrogens with one attached hydrogen (secondary N) is 1. The molecule has 1 aromatic heterocycles. The maximum atomic E-state index is 10.8. The van der Waals surface area contributed by atoms with E-state index in [0.717, 1.165) is 11.4 Å². The maximum absolute atomic E-state index is 10.8. The van der Waals surface area contributed by atoms with Gasteiger partial charge in [-0.2, -0.15) is 0 Å². The van der Waals surface area contributed by atoms with Gasteiger partial charge in [-0.15, -0.1) is 11.3 Å². The molecule has 0 fully saturated rings. The number of methoxy groups -OCH3 is 3. The van der Waals surface area contributed by atoms with Crippen molar-refractivity contribution in [2.75, 3.05) is 33.7 Å². The van der Waals surface area contributed by atoms with Crippen LogP contribution in [0.4, 0.5) is 5.69 Å². The number of carbonyl (C=O) groups excluding carboxylic acids is 2. The van der Waals surface area contributed by atoms with Gasteiger partial charge in [0.1, 0.15) is 10.6 Å². The van der Waals surface area contributed by atoms with E-state index < -0.39 is 0 Å². The topological polar surface area (TPSA) is 73.9 Å². The summed E-state index contributed by atoms with van der Waals surface area (Å²) in [6.07, 6.45) is 0. The lowest BCUT2D eigenvalue weighted by Crippen LogP contribution is -1.99. The zero-order valence-electron chi connectivity index (χ0n) is 28.3. The fourth-order valence-corrected chi connectivity index (χ4v) is 2.99. The van der Waals surface area contributed by atoms with Gasteiger partial charge in [0.15, 0.2) is 0 Å². The molecule has 240 valence electrons. The second kappa shape index (κ2) is 37.9. The molecule has 0 aliphatic rings. The normalized spacial score (nSPS) is 7.72. The largest absolute Gasteiger partial charge is 0.497 e. The summed E-state index contributed by atoms with van der Waals surface area (Å²) in [4.78, 5) is 22.1.